The van der Waals surface area contributed by atoms with Gasteiger partial charge in [0.1, 0.15) is 5.84 Å². The van der Waals surface area contributed by atoms with Crippen LogP contribution in [0.2, 0.25) is 0 Å². The van der Waals surface area contributed by atoms with E-state index in [1.807, 2.05) is 56.6 Å². The summed E-state index contributed by atoms with van der Waals surface area (Å²) < 4.78 is 10.0. The standard InChI is InChI=1S/C25H30N4O4/c1-5-32-24(30)19(25(31)33-6-2)17-26-23-18-11-7-9-13-21(18)29(16-15-28(3)4)22-14-10-8-12-20(22)27-23/h7-14,17H,5-6,15-16H2,1-4H3,(H,26,27). The number of anilines is 3. The molecule has 0 aliphatic carbocycles. The van der Waals surface area contributed by atoms with Gasteiger partial charge in [-0.1, -0.05) is 24.3 Å². The molecule has 0 aromatic heterocycles. The second-order valence-corrected chi connectivity index (χ2v) is 7.58. The fourth-order valence-electron chi connectivity index (χ4n) is 3.43. The van der Waals surface area contributed by atoms with Crippen molar-refractivity contribution in [2.45, 2.75) is 13.8 Å². The van der Waals surface area contributed by atoms with E-state index in [1.165, 1.54) is 6.20 Å². The molecule has 0 spiro atoms. The van der Waals surface area contributed by atoms with E-state index in [4.69, 9.17) is 9.47 Å². The number of hydrogen-bond acceptors (Lipinski definition) is 7. The Labute approximate surface area is 194 Å². The number of esters is 2. The van der Waals surface area contributed by atoms with Crippen LogP contribution in [0.4, 0.5) is 17.1 Å². The van der Waals surface area contributed by atoms with Crippen molar-refractivity contribution in [2.24, 2.45) is 4.99 Å². The Hall–Kier alpha value is -3.65. The number of benzene rings is 2. The van der Waals surface area contributed by atoms with Crippen LogP contribution in [0.3, 0.4) is 0 Å². The fraction of sp³-hybridized carbons (Fsp3) is 0.320. The van der Waals surface area contributed by atoms with Gasteiger partial charge in [-0.15, -0.1) is 0 Å². The number of ether oxygens (including phenoxy) is 2. The van der Waals surface area contributed by atoms with Crippen molar-refractivity contribution in [3.8, 4) is 0 Å². The third-order valence-corrected chi connectivity index (χ3v) is 4.98. The first-order valence-corrected chi connectivity index (χ1v) is 11.0. The van der Waals surface area contributed by atoms with Crippen molar-refractivity contribution >= 4 is 34.8 Å². The minimum atomic E-state index is -0.768. The van der Waals surface area contributed by atoms with Gasteiger partial charge in [0.2, 0.25) is 0 Å². The van der Waals surface area contributed by atoms with Crippen LogP contribution in [0.5, 0.6) is 0 Å². The average Bonchev–Trinajstić information content (AvgIpc) is 2.93. The van der Waals surface area contributed by atoms with E-state index in [2.05, 4.69) is 26.2 Å². The van der Waals surface area contributed by atoms with Gasteiger partial charge in [0, 0.05) is 18.7 Å². The maximum atomic E-state index is 12.4. The van der Waals surface area contributed by atoms with Crippen molar-refractivity contribution in [1.82, 2.24) is 4.90 Å². The number of amidine groups is 1. The zero-order valence-corrected chi connectivity index (χ0v) is 19.5. The molecule has 0 fully saturated rings. The summed E-state index contributed by atoms with van der Waals surface area (Å²) in [4.78, 5) is 33.6. The molecule has 8 nitrogen and oxygen atoms in total. The molecule has 0 radical (unpaired) electrons. The van der Waals surface area contributed by atoms with Crippen molar-refractivity contribution in [1.29, 1.82) is 0 Å². The lowest BCUT2D eigenvalue weighted by Gasteiger charge is -2.27. The Balaban J connectivity index is 2.12. The van der Waals surface area contributed by atoms with Gasteiger partial charge in [-0.3, -0.25) is 0 Å². The number of likely N-dealkylation sites (N-methyl/N-ethyl adjacent to an activating group) is 1. The van der Waals surface area contributed by atoms with Crippen molar-refractivity contribution < 1.29 is 19.1 Å². The molecule has 0 bridgehead atoms. The molecule has 0 unspecified atom stereocenters. The van der Waals surface area contributed by atoms with Gasteiger partial charge >= 0.3 is 11.9 Å². The van der Waals surface area contributed by atoms with E-state index in [-0.39, 0.29) is 18.8 Å². The summed E-state index contributed by atoms with van der Waals surface area (Å²) in [7, 11) is 4.08. The van der Waals surface area contributed by atoms with Gasteiger partial charge in [0.25, 0.3) is 0 Å². The summed E-state index contributed by atoms with van der Waals surface area (Å²) in [6.07, 6.45) is 1.22. The highest BCUT2D eigenvalue weighted by Crippen LogP contribution is 2.37. The minimum Gasteiger partial charge on any atom is -0.462 e. The number of aliphatic imine (C=N–C) groups is 1. The van der Waals surface area contributed by atoms with Gasteiger partial charge in [-0.05, 0) is 52.2 Å². The van der Waals surface area contributed by atoms with Crippen LogP contribution in [-0.2, 0) is 19.1 Å². The Morgan fingerprint density at radius 3 is 2.21 bits per heavy atom. The SMILES string of the molecule is CCOC(=O)C(=CN=C1Nc2ccccc2N(CCN(C)C)c2ccccc21)C(=O)OCC. The van der Waals surface area contributed by atoms with Crippen molar-refractivity contribution in [3.63, 3.8) is 0 Å². The first-order chi connectivity index (χ1) is 16.0. The molecule has 174 valence electrons. The Kier molecular flexibility index (Phi) is 8.21. The number of hydrogen-bond donors (Lipinski definition) is 1. The van der Waals surface area contributed by atoms with Crippen LogP contribution in [0.25, 0.3) is 0 Å². The van der Waals surface area contributed by atoms with Crippen LogP contribution >= 0.6 is 0 Å². The van der Waals surface area contributed by atoms with E-state index in [9.17, 15) is 9.59 Å². The fourth-order valence-corrected chi connectivity index (χ4v) is 3.43. The molecule has 0 atom stereocenters. The summed E-state index contributed by atoms with van der Waals surface area (Å²) >= 11 is 0. The van der Waals surface area contributed by atoms with E-state index in [0.717, 1.165) is 35.7 Å². The number of fused-ring (bicyclic) bond motifs is 2. The molecule has 0 saturated carbocycles. The normalized spacial score (nSPS) is 13.5. The minimum absolute atomic E-state index is 0.140. The third-order valence-electron chi connectivity index (χ3n) is 4.98. The number of nitrogens with zero attached hydrogens (tertiary/aromatic N) is 3. The Morgan fingerprint density at radius 1 is 0.970 bits per heavy atom. The lowest BCUT2D eigenvalue weighted by molar-refractivity contribution is -0.146. The summed E-state index contributed by atoms with van der Waals surface area (Å²) in [5, 5.41) is 3.38. The molecule has 1 N–H and O–H groups in total. The molecule has 33 heavy (non-hydrogen) atoms. The molecule has 1 aliphatic rings. The lowest BCUT2D eigenvalue weighted by atomic mass is 10.1. The van der Waals surface area contributed by atoms with Gasteiger partial charge in [0.05, 0.1) is 36.5 Å². The maximum Gasteiger partial charge on any atom is 0.347 e. The third kappa shape index (κ3) is 5.78. The number of carbonyl (C=O) groups excluding carboxylic acids is 2. The zero-order chi connectivity index (χ0) is 23.8. The smallest absolute Gasteiger partial charge is 0.347 e. The Bertz CT molecular complexity index is 1040. The maximum absolute atomic E-state index is 12.4. The van der Waals surface area contributed by atoms with Gasteiger partial charge < -0.3 is 24.6 Å². The van der Waals surface area contributed by atoms with Crippen molar-refractivity contribution in [2.75, 3.05) is 50.6 Å². The number of nitrogens with one attached hydrogen (secondary N) is 1. The van der Waals surface area contributed by atoms with Crippen molar-refractivity contribution in [3.05, 3.63) is 65.9 Å². The van der Waals surface area contributed by atoms with Crippen LogP contribution in [-0.4, -0.2) is 63.1 Å². The van der Waals surface area contributed by atoms with Crippen LogP contribution in [0.15, 0.2) is 65.3 Å². The predicted octanol–water partition coefficient (Wildman–Crippen LogP) is 3.57. The summed E-state index contributed by atoms with van der Waals surface area (Å²) in [5.41, 5.74) is 3.44. The molecule has 8 heteroatoms. The van der Waals surface area contributed by atoms with E-state index < -0.39 is 11.9 Å². The number of para-hydroxylation sites is 3. The second kappa shape index (κ2) is 11.3. The van der Waals surface area contributed by atoms with Crippen LogP contribution in [0, 0.1) is 0 Å². The molecule has 2 aromatic carbocycles. The highest BCUT2D eigenvalue weighted by Gasteiger charge is 2.25. The summed E-state index contributed by atoms with van der Waals surface area (Å²) in [6, 6.07) is 15.9. The molecule has 1 heterocycles. The van der Waals surface area contributed by atoms with Gasteiger partial charge in [-0.25, -0.2) is 14.6 Å². The molecule has 3 rings (SSSR count). The van der Waals surface area contributed by atoms with E-state index in [0.29, 0.717) is 5.84 Å². The molecule has 1 aliphatic heterocycles. The van der Waals surface area contributed by atoms with Gasteiger partial charge in [0.15, 0.2) is 5.57 Å². The number of carbonyl (C=O) groups is 2. The topological polar surface area (TPSA) is 83.5 Å². The molecule has 0 amide bonds. The Morgan fingerprint density at radius 2 is 1.58 bits per heavy atom. The first kappa shape index (κ1) is 24.0. The predicted molar refractivity (Wildman–Crippen MR) is 130 cm³/mol. The summed E-state index contributed by atoms with van der Waals surface area (Å²) in [6.45, 7) is 5.25. The van der Waals surface area contributed by atoms with Crippen LogP contribution < -0.4 is 10.2 Å². The van der Waals surface area contributed by atoms with Gasteiger partial charge in [-0.2, -0.15) is 0 Å². The molecule has 2 aromatic rings. The molecular formula is C25H30N4O4. The largest absolute Gasteiger partial charge is 0.462 e. The monoisotopic (exact) mass is 450 g/mol. The van der Waals surface area contributed by atoms with E-state index >= 15 is 0 Å². The molecule has 0 saturated heterocycles. The second-order valence-electron chi connectivity index (χ2n) is 7.58. The summed E-state index contributed by atoms with van der Waals surface area (Å²) in [5.74, 6) is -1.03. The average molecular weight is 451 g/mol. The van der Waals surface area contributed by atoms with Crippen LogP contribution in [0.1, 0.15) is 19.4 Å². The zero-order valence-electron chi connectivity index (χ0n) is 19.5. The lowest BCUT2D eigenvalue weighted by Crippen LogP contribution is -2.28. The highest BCUT2D eigenvalue weighted by atomic mass is 16.6. The van der Waals surface area contributed by atoms with E-state index in [1.54, 1.807) is 13.8 Å². The quantitative estimate of drug-likeness (QED) is 0.285. The number of rotatable bonds is 8. The first-order valence-electron chi connectivity index (χ1n) is 11.0. The molecular weight excluding hydrogens is 420 g/mol. The highest BCUT2D eigenvalue weighted by molar-refractivity contribution is 6.17.